The molecular weight excluding hydrogens is 559 g/mol. The fraction of sp³-hybridized carbons (Fsp3) is 0.500. The summed E-state index contributed by atoms with van der Waals surface area (Å²) >= 11 is 0. The maximum atomic E-state index is 14.1. The first kappa shape index (κ1) is 32.2. The number of carboxylic acids is 2. The largest absolute Gasteiger partial charge is 0.481 e. The summed E-state index contributed by atoms with van der Waals surface area (Å²) in [5.41, 5.74) is 10.1. The molecule has 1 fully saturated rings. The van der Waals surface area contributed by atoms with Gasteiger partial charge >= 0.3 is 18.1 Å². The van der Waals surface area contributed by atoms with E-state index in [2.05, 4.69) is 34.1 Å². The normalized spacial score (nSPS) is 24.1. The molecule has 0 spiro atoms. The van der Waals surface area contributed by atoms with Crippen molar-refractivity contribution in [1.82, 2.24) is 16.2 Å². The maximum Gasteiger partial charge on any atom is 0.416 e. The van der Waals surface area contributed by atoms with Gasteiger partial charge in [0.05, 0.1) is 5.56 Å². The lowest BCUT2D eigenvalue weighted by atomic mass is 9.56. The standard InChI is InChI=1S/C28H32F3N5O6/c1-14(2)27(19(13-32)24(33)42-25-23(27)15(3)35-36-25)17-10-16(11-18(12-17)28(29,30)31)6-4-5-7-21(37)34-20(26(40)41)8-9-22(38)39/h10-12,14-15,20,23,25,35-36H,5,7-9,33H2,1-3H3,(H,34,37)(H,38,39)(H,40,41)/t15?,20-,23?,25?,27?/m0/s1. The van der Waals surface area contributed by atoms with Crippen molar-refractivity contribution in [1.29, 1.82) is 5.26 Å². The van der Waals surface area contributed by atoms with Crippen molar-refractivity contribution in [2.24, 2.45) is 17.6 Å². The van der Waals surface area contributed by atoms with Gasteiger partial charge in [-0.2, -0.15) is 18.4 Å². The predicted octanol–water partition coefficient (Wildman–Crippen LogP) is 2.33. The van der Waals surface area contributed by atoms with Gasteiger partial charge in [-0.3, -0.25) is 15.0 Å². The van der Waals surface area contributed by atoms with Gasteiger partial charge in [0, 0.05) is 42.2 Å². The van der Waals surface area contributed by atoms with Crippen molar-refractivity contribution in [3.63, 3.8) is 0 Å². The van der Waals surface area contributed by atoms with Crippen molar-refractivity contribution in [2.45, 2.75) is 76.4 Å². The number of ether oxygens (including phenoxy) is 1. The van der Waals surface area contributed by atoms with Crippen LogP contribution in [0.1, 0.15) is 63.1 Å². The van der Waals surface area contributed by atoms with E-state index in [9.17, 15) is 37.9 Å². The number of nitrogens with zero attached hydrogens (tertiary/aromatic N) is 1. The molecule has 0 aliphatic carbocycles. The van der Waals surface area contributed by atoms with Gasteiger partial charge in [-0.1, -0.05) is 25.7 Å². The topological polar surface area (TPSA) is 187 Å². The molecule has 3 rings (SSSR count). The second-order valence-electron chi connectivity index (χ2n) is 10.5. The Hall–Kier alpha value is -4.27. The Morgan fingerprint density at radius 2 is 1.88 bits per heavy atom. The molecule has 226 valence electrons. The van der Waals surface area contributed by atoms with Crippen molar-refractivity contribution in [3.05, 3.63) is 46.3 Å². The van der Waals surface area contributed by atoms with Crippen LogP contribution in [-0.2, 0) is 30.7 Å². The summed E-state index contributed by atoms with van der Waals surface area (Å²) in [6.07, 6.45) is -6.60. The second-order valence-corrected chi connectivity index (χ2v) is 10.5. The number of carbonyl (C=O) groups is 3. The van der Waals surface area contributed by atoms with E-state index in [1.54, 1.807) is 13.8 Å². The van der Waals surface area contributed by atoms with Crippen LogP contribution in [-0.4, -0.2) is 46.4 Å². The monoisotopic (exact) mass is 591 g/mol. The number of aliphatic carboxylic acids is 2. The average molecular weight is 592 g/mol. The number of allylic oxidation sites excluding steroid dienone is 1. The number of carboxylic acid groups (broad SMARTS) is 2. The van der Waals surface area contributed by atoms with Gasteiger partial charge in [0.2, 0.25) is 11.8 Å². The van der Waals surface area contributed by atoms with Gasteiger partial charge < -0.3 is 26.0 Å². The quantitative estimate of drug-likeness (QED) is 0.233. The highest BCUT2D eigenvalue weighted by molar-refractivity contribution is 5.84. The Morgan fingerprint density at radius 1 is 1.19 bits per heavy atom. The highest BCUT2D eigenvalue weighted by Crippen LogP contribution is 2.53. The van der Waals surface area contributed by atoms with Crippen molar-refractivity contribution < 1.29 is 42.5 Å². The Bertz CT molecular complexity index is 1380. The maximum absolute atomic E-state index is 14.1. The van der Waals surface area contributed by atoms with Crippen LogP contribution in [0.3, 0.4) is 0 Å². The summed E-state index contributed by atoms with van der Waals surface area (Å²) in [7, 11) is 0. The average Bonchev–Trinajstić information content (AvgIpc) is 3.27. The van der Waals surface area contributed by atoms with E-state index in [-0.39, 0.29) is 47.9 Å². The fourth-order valence-electron chi connectivity index (χ4n) is 5.68. The van der Waals surface area contributed by atoms with Crippen LogP contribution >= 0.6 is 0 Å². The Balaban J connectivity index is 1.98. The van der Waals surface area contributed by atoms with Crippen LogP contribution in [0.2, 0.25) is 0 Å². The smallest absolute Gasteiger partial charge is 0.416 e. The van der Waals surface area contributed by atoms with Gasteiger partial charge in [-0.25, -0.2) is 10.2 Å². The number of hydrogen-bond acceptors (Lipinski definition) is 8. The van der Waals surface area contributed by atoms with E-state index in [1.165, 1.54) is 6.07 Å². The van der Waals surface area contributed by atoms with Crippen LogP contribution < -0.4 is 21.9 Å². The van der Waals surface area contributed by atoms with Crippen molar-refractivity contribution in [2.75, 3.05) is 0 Å². The first-order chi connectivity index (χ1) is 19.6. The minimum atomic E-state index is -4.74. The van der Waals surface area contributed by atoms with E-state index in [1.807, 2.05) is 6.92 Å². The molecule has 0 aromatic heterocycles. The number of fused-ring (bicyclic) bond motifs is 1. The molecular formula is C28H32F3N5O6. The predicted molar refractivity (Wildman–Crippen MR) is 141 cm³/mol. The number of nitriles is 1. The number of hydrazine groups is 1. The second kappa shape index (κ2) is 12.7. The molecule has 1 aromatic carbocycles. The van der Waals surface area contributed by atoms with E-state index in [0.29, 0.717) is 0 Å². The van der Waals surface area contributed by atoms with Crippen molar-refractivity contribution >= 4 is 17.8 Å². The molecule has 2 heterocycles. The van der Waals surface area contributed by atoms with Crippen LogP contribution in [0.5, 0.6) is 0 Å². The summed E-state index contributed by atoms with van der Waals surface area (Å²) in [6, 6.07) is 3.71. The van der Waals surface area contributed by atoms with Crippen LogP contribution in [0.25, 0.3) is 0 Å². The molecule has 2 aliphatic rings. The molecule has 0 radical (unpaired) electrons. The molecule has 4 unspecified atom stereocenters. The molecule has 5 atom stereocenters. The Kier molecular flexibility index (Phi) is 9.76. The Labute approximate surface area is 240 Å². The molecule has 42 heavy (non-hydrogen) atoms. The summed E-state index contributed by atoms with van der Waals surface area (Å²) < 4.78 is 48.0. The molecule has 1 amide bonds. The first-order valence-electron chi connectivity index (χ1n) is 13.2. The van der Waals surface area contributed by atoms with Gasteiger partial charge in [-0.15, -0.1) is 0 Å². The molecule has 11 nitrogen and oxygen atoms in total. The number of halogens is 3. The molecule has 2 aliphatic heterocycles. The number of hydrogen-bond donors (Lipinski definition) is 6. The highest BCUT2D eigenvalue weighted by Gasteiger charge is 2.59. The summed E-state index contributed by atoms with van der Waals surface area (Å²) in [5.74, 6) is 0.904. The van der Waals surface area contributed by atoms with Crippen LogP contribution in [0.15, 0.2) is 29.7 Å². The van der Waals surface area contributed by atoms with Crippen LogP contribution in [0, 0.1) is 35.0 Å². The third kappa shape index (κ3) is 6.61. The number of nitrogens with one attached hydrogen (secondary N) is 3. The Morgan fingerprint density at radius 3 is 2.45 bits per heavy atom. The fourth-order valence-corrected chi connectivity index (χ4v) is 5.68. The summed E-state index contributed by atoms with van der Waals surface area (Å²) in [4.78, 5) is 34.2. The molecule has 7 N–H and O–H groups in total. The third-order valence-corrected chi connectivity index (χ3v) is 7.51. The minimum Gasteiger partial charge on any atom is -0.481 e. The summed E-state index contributed by atoms with van der Waals surface area (Å²) in [6.45, 7) is 5.41. The number of alkyl halides is 3. The SMILES string of the molecule is CC1NNC2OC(N)=C(C#N)C(c3cc(C#CCCC(=O)N[C@@H](CCC(=O)O)C(=O)O)cc(C(F)(F)F)c3)(C(C)C)C12. The lowest BCUT2D eigenvalue weighted by Gasteiger charge is -2.48. The van der Waals surface area contributed by atoms with E-state index >= 15 is 0 Å². The van der Waals surface area contributed by atoms with Gasteiger partial charge in [0.25, 0.3) is 0 Å². The number of benzene rings is 1. The number of nitrogens with two attached hydrogens (primary N) is 1. The van der Waals surface area contributed by atoms with Gasteiger partial charge in [-0.05, 0) is 43.0 Å². The van der Waals surface area contributed by atoms with Gasteiger partial charge in [0.1, 0.15) is 17.7 Å². The zero-order chi connectivity index (χ0) is 31.4. The third-order valence-electron chi connectivity index (χ3n) is 7.51. The lowest BCUT2D eigenvalue weighted by Crippen LogP contribution is -2.55. The van der Waals surface area contributed by atoms with Gasteiger partial charge in [0.15, 0.2) is 6.23 Å². The number of carbonyl (C=O) groups excluding carboxylic acids is 1. The van der Waals surface area contributed by atoms with E-state index in [0.717, 1.165) is 12.1 Å². The highest BCUT2D eigenvalue weighted by atomic mass is 19.4. The number of rotatable bonds is 9. The van der Waals surface area contributed by atoms with E-state index < -0.39 is 65.5 Å². The molecule has 0 bridgehead atoms. The molecule has 0 saturated carbocycles. The summed E-state index contributed by atoms with van der Waals surface area (Å²) in [5, 5.41) is 30.3. The molecule has 1 aromatic rings. The minimum absolute atomic E-state index is 0.00407. The van der Waals surface area contributed by atoms with Crippen molar-refractivity contribution in [3.8, 4) is 17.9 Å². The number of amides is 1. The first-order valence-corrected chi connectivity index (χ1v) is 13.2. The molecule has 1 saturated heterocycles. The zero-order valence-corrected chi connectivity index (χ0v) is 23.1. The zero-order valence-electron chi connectivity index (χ0n) is 23.1. The molecule has 14 heteroatoms. The lowest BCUT2D eigenvalue weighted by molar-refractivity contribution is -0.143. The van der Waals surface area contributed by atoms with Crippen LogP contribution in [0.4, 0.5) is 13.2 Å². The van der Waals surface area contributed by atoms with E-state index in [4.69, 9.17) is 15.6 Å².